The van der Waals surface area contributed by atoms with Crippen LogP contribution in [0.4, 0.5) is 6.01 Å². The Balaban J connectivity index is 1.15. The number of rotatable bonds is 9. The van der Waals surface area contributed by atoms with Gasteiger partial charge in [0.25, 0.3) is 0 Å². The van der Waals surface area contributed by atoms with Crippen molar-refractivity contribution in [1.82, 2.24) is 10.1 Å². The lowest BCUT2D eigenvalue weighted by atomic mass is 9.90. The molecule has 2 unspecified atom stereocenters. The number of carbonyl (C=O) groups is 1. The van der Waals surface area contributed by atoms with E-state index in [4.69, 9.17) is 14.4 Å². The lowest BCUT2D eigenvalue weighted by Gasteiger charge is -2.30. The summed E-state index contributed by atoms with van der Waals surface area (Å²) in [7, 11) is 0. The van der Waals surface area contributed by atoms with E-state index in [1.807, 2.05) is 24.3 Å². The van der Waals surface area contributed by atoms with Gasteiger partial charge in [-0.15, -0.1) is 0 Å². The Morgan fingerprint density at radius 2 is 2.00 bits per heavy atom. The average Bonchev–Trinajstić information content (AvgIpc) is 3.31. The van der Waals surface area contributed by atoms with Crippen LogP contribution in [0.5, 0.6) is 5.75 Å². The minimum absolute atomic E-state index is 0.0498. The second-order valence-corrected chi connectivity index (χ2v) is 8.93. The fourth-order valence-corrected chi connectivity index (χ4v) is 4.49. The van der Waals surface area contributed by atoms with Crippen molar-refractivity contribution in [3.8, 4) is 5.75 Å². The van der Waals surface area contributed by atoms with Crippen LogP contribution in [-0.2, 0) is 11.2 Å². The zero-order chi connectivity index (χ0) is 21.1. The minimum Gasteiger partial charge on any atom is -0.494 e. The van der Waals surface area contributed by atoms with Gasteiger partial charge in [0.1, 0.15) is 5.75 Å². The van der Waals surface area contributed by atoms with E-state index >= 15 is 0 Å². The predicted molar refractivity (Wildman–Crippen MR) is 113 cm³/mol. The fourth-order valence-electron chi connectivity index (χ4n) is 4.49. The molecule has 1 saturated carbocycles. The zero-order valence-corrected chi connectivity index (χ0v) is 17.8. The van der Waals surface area contributed by atoms with Crippen LogP contribution in [0.15, 0.2) is 28.8 Å². The van der Waals surface area contributed by atoms with E-state index < -0.39 is 5.97 Å². The number of nitrogens with zero attached hydrogens (tertiary/aromatic N) is 3. The quantitative estimate of drug-likeness (QED) is 0.661. The highest BCUT2D eigenvalue weighted by molar-refractivity contribution is 5.70. The molecule has 4 rings (SSSR count). The molecule has 30 heavy (non-hydrogen) atoms. The molecule has 0 bridgehead atoms. The SMILES string of the molecule is CC(C)c1noc(N2CCC(C3CC3CCOc3ccc(CC(=O)O)cc3)CC2)n1. The predicted octanol–water partition coefficient (Wildman–Crippen LogP) is 4.14. The van der Waals surface area contributed by atoms with Crippen LogP contribution in [0.3, 0.4) is 0 Å². The van der Waals surface area contributed by atoms with Crippen molar-refractivity contribution in [2.75, 3.05) is 24.6 Å². The molecule has 1 N–H and O–H groups in total. The van der Waals surface area contributed by atoms with Crippen molar-refractivity contribution < 1.29 is 19.2 Å². The third-order valence-electron chi connectivity index (χ3n) is 6.38. The summed E-state index contributed by atoms with van der Waals surface area (Å²) in [6.07, 6.45) is 4.82. The number of ether oxygens (including phenoxy) is 1. The van der Waals surface area contributed by atoms with E-state index in [-0.39, 0.29) is 12.3 Å². The van der Waals surface area contributed by atoms with Gasteiger partial charge in [-0.25, -0.2) is 0 Å². The first-order valence-corrected chi connectivity index (χ1v) is 11.0. The summed E-state index contributed by atoms with van der Waals surface area (Å²) in [5.74, 6) is 3.45. The molecular weight excluding hydrogens is 382 g/mol. The van der Waals surface area contributed by atoms with Crippen LogP contribution in [0.25, 0.3) is 0 Å². The summed E-state index contributed by atoms with van der Waals surface area (Å²) in [5.41, 5.74) is 0.796. The normalized spacial score (nSPS) is 21.8. The average molecular weight is 414 g/mol. The van der Waals surface area contributed by atoms with Crippen LogP contribution in [-0.4, -0.2) is 40.9 Å². The first-order valence-electron chi connectivity index (χ1n) is 11.0. The summed E-state index contributed by atoms with van der Waals surface area (Å²) in [6.45, 7) is 6.86. The molecule has 1 aliphatic heterocycles. The Morgan fingerprint density at radius 3 is 2.63 bits per heavy atom. The summed E-state index contributed by atoms with van der Waals surface area (Å²) < 4.78 is 11.3. The molecule has 0 radical (unpaired) electrons. The van der Waals surface area contributed by atoms with E-state index in [1.165, 1.54) is 19.3 Å². The van der Waals surface area contributed by atoms with Crippen LogP contribution >= 0.6 is 0 Å². The molecule has 0 amide bonds. The van der Waals surface area contributed by atoms with Crippen LogP contribution < -0.4 is 9.64 Å². The van der Waals surface area contributed by atoms with Crippen LogP contribution in [0, 0.1) is 17.8 Å². The van der Waals surface area contributed by atoms with E-state index in [2.05, 4.69) is 28.9 Å². The van der Waals surface area contributed by atoms with Gasteiger partial charge in [0.2, 0.25) is 0 Å². The highest BCUT2D eigenvalue weighted by Crippen LogP contribution is 2.49. The molecule has 7 nitrogen and oxygen atoms in total. The number of benzene rings is 1. The Kier molecular flexibility index (Phi) is 6.25. The molecule has 1 aromatic carbocycles. The van der Waals surface area contributed by atoms with Crippen molar-refractivity contribution in [2.45, 2.75) is 51.9 Å². The van der Waals surface area contributed by atoms with Crippen LogP contribution in [0.1, 0.15) is 56.8 Å². The fraction of sp³-hybridized carbons (Fsp3) is 0.609. The Labute approximate surface area is 177 Å². The van der Waals surface area contributed by atoms with E-state index in [0.29, 0.717) is 6.01 Å². The molecule has 2 fully saturated rings. The lowest BCUT2D eigenvalue weighted by molar-refractivity contribution is -0.136. The highest BCUT2D eigenvalue weighted by Gasteiger charge is 2.43. The molecule has 2 aromatic rings. The molecule has 1 aromatic heterocycles. The van der Waals surface area contributed by atoms with Gasteiger partial charge in [-0.1, -0.05) is 31.1 Å². The number of carboxylic acids is 1. The van der Waals surface area contributed by atoms with E-state index in [0.717, 1.165) is 61.0 Å². The molecule has 162 valence electrons. The Bertz CT molecular complexity index is 840. The van der Waals surface area contributed by atoms with Crippen molar-refractivity contribution in [2.24, 2.45) is 17.8 Å². The maximum Gasteiger partial charge on any atom is 0.324 e. The maximum atomic E-state index is 10.7. The number of anilines is 1. The molecule has 1 saturated heterocycles. The maximum absolute atomic E-state index is 10.7. The van der Waals surface area contributed by atoms with Crippen molar-refractivity contribution in [3.05, 3.63) is 35.7 Å². The third kappa shape index (κ3) is 5.12. The molecule has 2 atom stereocenters. The molecule has 2 aliphatic rings. The van der Waals surface area contributed by atoms with Gasteiger partial charge in [0.15, 0.2) is 5.82 Å². The van der Waals surface area contributed by atoms with Gasteiger partial charge in [-0.05, 0) is 61.1 Å². The second-order valence-electron chi connectivity index (χ2n) is 8.93. The number of carboxylic acid groups (broad SMARTS) is 1. The molecule has 0 spiro atoms. The molecular formula is C23H31N3O4. The first-order chi connectivity index (χ1) is 14.5. The highest BCUT2D eigenvalue weighted by atomic mass is 16.5. The van der Waals surface area contributed by atoms with Crippen molar-refractivity contribution in [1.29, 1.82) is 0 Å². The monoisotopic (exact) mass is 413 g/mol. The van der Waals surface area contributed by atoms with Gasteiger partial charge in [0, 0.05) is 19.0 Å². The topological polar surface area (TPSA) is 88.7 Å². The second kappa shape index (κ2) is 9.06. The summed E-state index contributed by atoms with van der Waals surface area (Å²) in [5, 5.41) is 12.9. The smallest absolute Gasteiger partial charge is 0.324 e. The van der Waals surface area contributed by atoms with Crippen molar-refractivity contribution in [3.63, 3.8) is 0 Å². The summed E-state index contributed by atoms with van der Waals surface area (Å²) >= 11 is 0. The van der Waals surface area contributed by atoms with Gasteiger partial charge in [0.05, 0.1) is 13.0 Å². The van der Waals surface area contributed by atoms with E-state index in [1.54, 1.807) is 0 Å². The Hall–Kier alpha value is -2.57. The zero-order valence-electron chi connectivity index (χ0n) is 17.8. The van der Waals surface area contributed by atoms with Crippen LogP contribution in [0.2, 0.25) is 0 Å². The summed E-state index contributed by atoms with van der Waals surface area (Å²) in [4.78, 5) is 17.5. The lowest BCUT2D eigenvalue weighted by Crippen LogP contribution is -2.34. The molecule has 2 heterocycles. The van der Waals surface area contributed by atoms with Gasteiger partial charge in [-0.3, -0.25) is 4.79 Å². The van der Waals surface area contributed by atoms with Gasteiger partial charge >= 0.3 is 12.0 Å². The summed E-state index contributed by atoms with van der Waals surface area (Å²) in [6, 6.07) is 8.04. The first kappa shape index (κ1) is 20.7. The van der Waals surface area contributed by atoms with Crippen molar-refractivity contribution >= 4 is 12.0 Å². The number of hydrogen-bond donors (Lipinski definition) is 1. The number of aromatic nitrogens is 2. The molecule has 1 aliphatic carbocycles. The van der Waals surface area contributed by atoms with E-state index in [9.17, 15) is 4.79 Å². The number of piperidine rings is 1. The number of hydrogen-bond acceptors (Lipinski definition) is 6. The molecule has 7 heteroatoms. The van der Waals surface area contributed by atoms with Gasteiger partial charge < -0.3 is 19.3 Å². The minimum atomic E-state index is -0.813. The van der Waals surface area contributed by atoms with Gasteiger partial charge in [-0.2, -0.15) is 4.98 Å². The third-order valence-corrected chi connectivity index (χ3v) is 6.38. The standard InChI is InChI=1S/C23H31N3O4/c1-15(2)22-24-23(30-25-22)26-10-7-17(8-11-26)20-14-18(20)9-12-29-19-5-3-16(4-6-19)13-21(27)28/h3-6,15,17-18,20H,7-14H2,1-2H3,(H,27,28). The Morgan fingerprint density at radius 1 is 1.27 bits per heavy atom. The number of aliphatic carboxylic acids is 1. The largest absolute Gasteiger partial charge is 0.494 e.